The van der Waals surface area contributed by atoms with Crippen LogP contribution in [0, 0.1) is 5.92 Å². The minimum absolute atomic E-state index is 0.0691. The van der Waals surface area contributed by atoms with Gasteiger partial charge in [0, 0.05) is 12.6 Å². The van der Waals surface area contributed by atoms with Crippen molar-refractivity contribution in [3.63, 3.8) is 0 Å². The fourth-order valence-electron chi connectivity index (χ4n) is 1.75. The quantitative estimate of drug-likeness (QED) is 0.810. The van der Waals surface area contributed by atoms with E-state index in [2.05, 4.69) is 19.2 Å². The summed E-state index contributed by atoms with van der Waals surface area (Å²) in [7, 11) is 0. The lowest BCUT2D eigenvalue weighted by molar-refractivity contribution is -0.144. The average Bonchev–Trinajstić information content (AvgIpc) is 2.28. The molecular formula is C13H19F3N2O. The van der Waals surface area contributed by atoms with Crippen LogP contribution in [0.3, 0.4) is 0 Å². The average molecular weight is 276 g/mol. The molecule has 0 unspecified atom stereocenters. The van der Waals surface area contributed by atoms with E-state index in [1.807, 2.05) is 0 Å². The zero-order valence-corrected chi connectivity index (χ0v) is 11.1. The van der Waals surface area contributed by atoms with Gasteiger partial charge in [0.1, 0.15) is 5.69 Å². The van der Waals surface area contributed by atoms with Crippen LogP contribution in [0.4, 0.5) is 13.2 Å². The molecule has 6 heteroatoms. The summed E-state index contributed by atoms with van der Waals surface area (Å²) in [5.41, 5.74) is -1.50. The summed E-state index contributed by atoms with van der Waals surface area (Å²) in [5.74, 6) is 0.491. The molecule has 1 N–H and O–H groups in total. The van der Waals surface area contributed by atoms with Crippen LogP contribution in [0.1, 0.15) is 26.0 Å². The SMILES string of the molecule is CC(C)CNCCCn1c(C(F)(F)F)cccc1=O. The molecular weight excluding hydrogens is 257 g/mol. The Kier molecular flexibility index (Phi) is 5.60. The van der Waals surface area contributed by atoms with E-state index in [1.54, 1.807) is 0 Å². The fourth-order valence-corrected chi connectivity index (χ4v) is 1.75. The van der Waals surface area contributed by atoms with Gasteiger partial charge in [-0.2, -0.15) is 13.2 Å². The highest BCUT2D eigenvalue weighted by Gasteiger charge is 2.33. The first-order chi connectivity index (χ1) is 8.82. The van der Waals surface area contributed by atoms with Crippen molar-refractivity contribution in [1.29, 1.82) is 0 Å². The number of rotatable bonds is 6. The smallest absolute Gasteiger partial charge is 0.316 e. The van der Waals surface area contributed by atoms with E-state index in [9.17, 15) is 18.0 Å². The van der Waals surface area contributed by atoms with Crippen molar-refractivity contribution in [1.82, 2.24) is 9.88 Å². The molecule has 0 aliphatic carbocycles. The number of aromatic nitrogens is 1. The molecule has 1 heterocycles. The summed E-state index contributed by atoms with van der Waals surface area (Å²) in [4.78, 5) is 11.5. The van der Waals surface area contributed by atoms with Crippen LogP contribution in [-0.4, -0.2) is 17.7 Å². The van der Waals surface area contributed by atoms with E-state index in [4.69, 9.17) is 0 Å². The molecule has 1 aromatic heterocycles. The van der Waals surface area contributed by atoms with Crippen LogP contribution in [0.5, 0.6) is 0 Å². The minimum Gasteiger partial charge on any atom is -0.316 e. The molecule has 0 bridgehead atoms. The zero-order chi connectivity index (χ0) is 14.5. The molecule has 0 fully saturated rings. The van der Waals surface area contributed by atoms with Gasteiger partial charge in [0.05, 0.1) is 0 Å². The predicted molar refractivity (Wildman–Crippen MR) is 68.0 cm³/mol. The Hall–Kier alpha value is -1.30. The van der Waals surface area contributed by atoms with Gasteiger partial charge < -0.3 is 9.88 Å². The Balaban J connectivity index is 2.65. The Morgan fingerprint density at radius 3 is 2.58 bits per heavy atom. The predicted octanol–water partition coefficient (Wildman–Crippen LogP) is 2.50. The number of hydrogen-bond donors (Lipinski definition) is 1. The molecule has 0 atom stereocenters. The molecule has 19 heavy (non-hydrogen) atoms. The molecule has 0 amide bonds. The Labute approximate surface area is 110 Å². The second-order valence-corrected chi connectivity index (χ2v) is 4.85. The van der Waals surface area contributed by atoms with Gasteiger partial charge in [-0.05, 0) is 31.5 Å². The van der Waals surface area contributed by atoms with Gasteiger partial charge in [0.2, 0.25) is 0 Å². The maximum Gasteiger partial charge on any atom is 0.431 e. The van der Waals surface area contributed by atoms with E-state index in [-0.39, 0.29) is 6.54 Å². The standard InChI is InChI=1S/C13H19F3N2O/c1-10(2)9-17-7-4-8-18-11(13(14,15)16)5-3-6-12(18)19/h3,5-6,10,17H,4,7-9H2,1-2H3. The van der Waals surface area contributed by atoms with E-state index < -0.39 is 17.4 Å². The largest absolute Gasteiger partial charge is 0.431 e. The van der Waals surface area contributed by atoms with Gasteiger partial charge in [-0.1, -0.05) is 19.9 Å². The van der Waals surface area contributed by atoms with Crippen molar-refractivity contribution >= 4 is 0 Å². The molecule has 0 saturated carbocycles. The van der Waals surface area contributed by atoms with Crippen LogP contribution in [0.2, 0.25) is 0 Å². The summed E-state index contributed by atoms with van der Waals surface area (Å²) in [5, 5.41) is 3.14. The number of pyridine rings is 1. The van der Waals surface area contributed by atoms with Crippen LogP contribution in [0.25, 0.3) is 0 Å². The number of halogens is 3. The minimum atomic E-state index is -4.49. The van der Waals surface area contributed by atoms with Gasteiger partial charge in [0.25, 0.3) is 5.56 Å². The van der Waals surface area contributed by atoms with Crippen molar-refractivity contribution in [3.8, 4) is 0 Å². The second kappa shape index (κ2) is 6.75. The van der Waals surface area contributed by atoms with Crippen LogP contribution < -0.4 is 10.9 Å². The fraction of sp³-hybridized carbons (Fsp3) is 0.615. The lowest BCUT2D eigenvalue weighted by atomic mass is 10.2. The summed E-state index contributed by atoms with van der Waals surface area (Å²) in [6.07, 6.45) is -4.01. The maximum atomic E-state index is 12.7. The highest BCUT2D eigenvalue weighted by Crippen LogP contribution is 2.28. The number of nitrogens with zero attached hydrogens (tertiary/aromatic N) is 1. The highest BCUT2D eigenvalue weighted by molar-refractivity contribution is 5.10. The van der Waals surface area contributed by atoms with Gasteiger partial charge >= 0.3 is 6.18 Å². The van der Waals surface area contributed by atoms with E-state index in [1.165, 1.54) is 0 Å². The van der Waals surface area contributed by atoms with Gasteiger partial charge in [-0.3, -0.25) is 4.79 Å². The lowest BCUT2D eigenvalue weighted by Crippen LogP contribution is -2.29. The molecule has 0 aromatic carbocycles. The summed E-state index contributed by atoms with van der Waals surface area (Å²) >= 11 is 0. The van der Waals surface area contributed by atoms with Crippen LogP contribution in [0.15, 0.2) is 23.0 Å². The highest BCUT2D eigenvalue weighted by atomic mass is 19.4. The van der Waals surface area contributed by atoms with Gasteiger partial charge in [0.15, 0.2) is 0 Å². The van der Waals surface area contributed by atoms with E-state index in [0.717, 1.165) is 29.3 Å². The number of alkyl halides is 3. The Morgan fingerprint density at radius 1 is 1.32 bits per heavy atom. The van der Waals surface area contributed by atoms with Crippen LogP contribution in [-0.2, 0) is 12.7 Å². The zero-order valence-electron chi connectivity index (χ0n) is 11.1. The Morgan fingerprint density at radius 2 is 2.00 bits per heavy atom. The summed E-state index contributed by atoms with van der Waals surface area (Å²) in [6.45, 7) is 5.58. The molecule has 0 aliphatic heterocycles. The summed E-state index contributed by atoms with van der Waals surface area (Å²) < 4.78 is 39.0. The van der Waals surface area contributed by atoms with E-state index >= 15 is 0 Å². The molecule has 108 valence electrons. The second-order valence-electron chi connectivity index (χ2n) is 4.85. The first kappa shape index (κ1) is 15.8. The third-order valence-corrected chi connectivity index (χ3v) is 2.63. The number of hydrogen-bond acceptors (Lipinski definition) is 2. The molecule has 1 aromatic rings. The monoisotopic (exact) mass is 276 g/mol. The third-order valence-electron chi connectivity index (χ3n) is 2.63. The molecule has 3 nitrogen and oxygen atoms in total. The first-order valence-corrected chi connectivity index (χ1v) is 6.30. The molecule has 0 saturated heterocycles. The molecule has 0 radical (unpaired) electrons. The van der Waals surface area contributed by atoms with Gasteiger partial charge in [-0.15, -0.1) is 0 Å². The Bertz CT molecular complexity index is 452. The summed E-state index contributed by atoms with van der Waals surface area (Å²) in [6, 6.07) is 3.22. The topological polar surface area (TPSA) is 34.0 Å². The maximum absolute atomic E-state index is 12.7. The number of nitrogens with one attached hydrogen (secondary N) is 1. The van der Waals surface area contributed by atoms with Crippen molar-refractivity contribution < 1.29 is 13.2 Å². The molecule has 1 rings (SSSR count). The normalized spacial score (nSPS) is 12.1. The molecule has 0 spiro atoms. The van der Waals surface area contributed by atoms with Crippen LogP contribution >= 0.6 is 0 Å². The first-order valence-electron chi connectivity index (χ1n) is 6.30. The van der Waals surface area contributed by atoms with Crippen molar-refractivity contribution in [3.05, 3.63) is 34.2 Å². The van der Waals surface area contributed by atoms with Crippen molar-refractivity contribution in [2.45, 2.75) is 33.0 Å². The van der Waals surface area contributed by atoms with E-state index in [0.29, 0.717) is 18.9 Å². The van der Waals surface area contributed by atoms with Crippen molar-refractivity contribution in [2.24, 2.45) is 5.92 Å². The van der Waals surface area contributed by atoms with Crippen molar-refractivity contribution in [2.75, 3.05) is 13.1 Å². The lowest BCUT2D eigenvalue weighted by Gasteiger charge is -2.15. The third kappa shape index (κ3) is 5.06. The molecule has 0 aliphatic rings. The van der Waals surface area contributed by atoms with Gasteiger partial charge in [-0.25, -0.2) is 0 Å².